The Hall–Kier alpha value is -2.35. The maximum atomic E-state index is 12.6. The van der Waals surface area contributed by atoms with Gasteiger partial charge >= 0.3 is 6.18 Å². The van der Waals surface area contributed by atoms with Crippen LogP contribution in [0.1, 0.15) is 16.1 Å². The number of amides is 1. The van der Waals surface area contributed by atoms with Crippen LogP contribution < -0.4 is 5.32 Å². The topological polar surface area (TPSA) is 46.4 Å². The van der Waals surface area contributed by atoms with Gasteiger partial charge in [-0.25, -0.2) is 4.98 Å². The van der Waals surface area contributed by atoms with Gasteiger partial charge in [0.25, 0.3) is 5.91 Å². The average Bonchev–Trinajstić information content (AvgIpc) is 3.05. The first-order valence-electron chi connectivity index (χ1n) is 6.26. The molecule has 0 aliphatic rings. The summed E-state index contributed by atoms with van der Waals surface area (Å²) in [7, 11) is 1.53. The first-order valence-corrected chi connectivity index (χ1v) is 7.14. The Morgan fingerprint density at radius 2 is 1.95 bits per heavy atom. The molecule has 3 aromatic rings. The highest BCUT2D eigenvalue weighted by atomic mass is 32.1. The molecule has 0 bridgehead atoms. The minimum absolute atomic E-state index is 0.248. The van der Waals surface area contributed by atoms with E-state index in [-0.39, 0.29) is 5.91 Å². The largest absolute Gasteiger partial charge is 0.416 e. The van der Waals surface area contributed by atoms with Crippen molar-refractivity contribution in [1.82, 2.24) is 14.7 Å². The Morgan fingerprint density at radius 3 is 2.55 bits per heavy atom. The number of rotatable bonds is 2. The Bertz CT molecular complexity index is 833. The van der Waals surface area contributed by atoms with Crippen molar-refractivity contribution in [2.24, 2.45) is 0 Å². The zero-order valence-corrected chi connectivity index (χ0v) is 12.1. The summed E-state index contributed by atoms with van der Waals surface area (Å²) in [5.74, 6) is -0.248. The van der Waals surface area contributed by atoms with Crippen LogP contribution in [-0.4, -0.2) is 22.3 Å². The lowest BCUT2D eigenvalue weighted by molar-refractivity contribution is -0.137. The van der Waals surface area contributed by atoms with E-state index in [4.69, 9.17) is 0 Å². The molecule has 0 saturated heterocycles. The predicted octanol–water partition coefficient (Wildman–Crippen LogP) is 3.44. The van der Waals surface area contributed by atoms with Crippen LogP contribution in [0.4, 0.5) is 13.2 Å². The molecule has 1 amide bonds. The van der Waals surface area contributed by atoms with E-state index in [0.29, 0.717) is 21.9 Å². The van der Waals surface area contributed by atoms with Crippen LogP contribution in [0.2, 0.25) is 0 Å². The highest BCUT2D eigenvalue weighted by Crippen LogP contribution is 2.31. The van der Waals surface area contributed by atoms with E-state index < -0.39 is 11.7 Å². The summed E-state index contributed by atoms with van der Waals surface area (Å²) in [4.78, 5) is 16.6. The second-order valence-electron chi connectivity index (χ2n) is 4.55. The molecule has 114 valence electrons. The van der Waals surface area contributed by atoms with Gasteiger partial charge in [0.15, 0.2) is 4.96 Å². The number of hydrogen-bond donors (Lipinski definition) is 1. The summed E-state index contributed by atoms with van der Waals surface area (Å²) in [6.07, 6.45) is -2.72. The molecule has 8 heteroatoms. The van der Waals surface area contributed by atoms with Crippen molar-refractivity contribution in [3.05, 3.63) is 47.1 Å². The second kappa shape index (κ2) is 5.13. The first kappa shape index (κ1) is 14.6. The van der Waals surface area contributed by atoms with Gasteiger partial charge in [0, 0.05) is 24.2 Å². The third-order valence-corrected chi connectivity index (χ3v) is 4.02. The van der Waals surface area contributed by atoms with Crippen molar-refractivity contribution in [3.63, 3.8) is 0 Å². The third kappa shape index (κ3) is 2.45. The maximum absolute atomic E-state index is 12.6. The van der Waals surface area contributed by atoms with Crippen LogP contribution in [-0.2, 0) is 6.18 Å². The first-order chi connectivity index (χ1) is 10.4. The molecule has 3 rings (SSSR count). The molecular weight excluding hydrogens is 315 g/mol. The Balaban J connectivity index is 2.00. The van der Waals surface area contributed by atoms with Crippen molar-refractivity contribution in [2.75, 3.05) is 7.05 Å². The number of alkyl halides is 3. The number of carbonyl (C=O) groups is 1. The highest BCUT2D eigenvalue weighted by molar-refractivity contribution is 7.15. The normalized spacial score (nSPS) is 11.8. The van der Waals surface area contributed by atoms with Gasteiger partial charge in [0.1, 0.15) is 5.69 Å². The van der Waals surface area contributed by atoms with Crippen LogP contribution in [0.15, 0.2) is 35.8 Å². The zero-order chi connectivity index (χ0) is 15.9. The number of nitrogens with zero attached hydrogens (tertiary/aromatic N) is 2. The van der Waals surface area contributed by atoms with Crippen LogP contribution in [0.5, 0.6) is 0 Å². The van der Waals surface area contributed by atoms with E-state index in [1.54, 1.807) is 16.0 Å². The summed E-state index contributed by atoms with van der Waals surface area (Å²) in [5.41, 5.74) is 0.814. The molecule has 0 fully saturated rings. The van der Waals surface area contributed by atoms with Gasteiger partial charge in [-0.15, -0.1) is 11.3 Å². The molecule has 0 saturated carbocycles. The van der Waals surface area contributed by atoms with Gasteiger partial charge in [-0.2, -0.15) is 13.2 Å². The third-order valence-electron chi connectivity index (χ3n) is 3.18. The zero-order valence-electron chi connectivity index (χ0n) is 11.3. The number of carbonyl (C=O) groups excluding carboxylic acids is 1. The number of aromatic nitrogens is 2. The number of imidazole rings is 1. The minimum atomic E-state index is -4.36. The minimum Gasteiger partial charge on any atom is -0.354 e. The Labute approximate surface area is 127 Å². The van der Waals surface area contributed by atoms with Gasteiger partial charge in [0.05, 0.1) is 11.3 Å². The van der Waals surface area contributed by atoms with E-state index in [0.717, 1.165) is 12.1 Å². The van der Waals surface area contributed by atoms with Crippen LogP contribution in [0.25, 0.3) is 16.2 Å². The summed E-state index contributed by atoms with van der Waals surface area (Å²) in [6.45, 7) is 0. The van der Waals surface area contributed by atoms with Crippen molar-refractivity contribution >= 4 is 22.2 Å². The number of halogens is 3. The fraction of sp³-hybridized carbons (Fsp3) is 0.143. The summed E-state index contributed by atoms with van der Waals surface area (Å²) in [6, 6.07) is 4.77. The van der Waals surface area contributed by atoms with E-state index in [1.165, 1.54) is 30.5 Å². The standard InChI is InChI=1S/C14H10F3N3OS/c1-18-12(21)11-7-22-13-19-10(6-20(11)13)8-2-4-9(5-3-8)14(15,16)17/h2-7H,1H3,(H,18,21). The molecule has 1 N–H and O–H groups in total. The molecule has 0 unspecified atom stereocenters. The maximum Gasteiger partial charge on any atom is 0.416 e. The molecule has 1 aromatic carbocycles. The van der Waals surface area contributed by atoms with Crippen molar-refractivity contribution < 1.29 is 18.0 Å². The number of fused-ring (bicyclic) bond motifs is 1. The fourth-order valence-corrected chi connectivity index (χ4v) is 2.90. The average molecular weight is 325 g/mol. The van der Waals surface area contributed by atoms with Crippen LogP contribution >= 0.6 is 11.3 Å². The van der Waals surface area contributed by atoms with Gasteiger partial charge < -0.3 is 5.32 Å². The number of thiazole rings is 1. The van der Waals surface area contributed by atoms with E-state index >= 15 is 0 Å². The molecule has 0 atom stereocenters. The number of hydrogen-bond acceptors (Lipinski definition) is 3. The summed E-state index contributed by atoms with van der Waals surface area (Å²) >= 11 is 1.29. The quantitative estimate of drug-likeness (QED) is 0.784. The van der Waals surface area contributed by atoms with Crippen molar-refractivity contribution in [2.45, 2.75) is 6.18 Å². The molecule has 2 heterocycles. The molecule has 22 heavy (non-hydrogen) atoms. The molecule has 4 nitrogen and oxygen atoms in total. The summed E-state index contributed by atoms with van der Waals surface area (Å²) < 4.78 is 39.3. The van der Waals surface area contributed by atoms with Gasteiger partial charge in [-0.3, -0.25) is 9.20 Å². The Kier molecular flexibility index (Phi) is 3.40. The predicted molar refractivity (Wildman–Crippen MR) is 76.9 cm³/mol. The van der Waals surface area contributed by atoms with E-state index in [9.17, 15) is 18.0 Å². The molecular formula is C14H10F3N3OS. The number of benzene rings is 1. The van der Waals surface area contributed by atoms with E-state index in [1.807, 2.05) is 0 Å². The van der Waals surface area contributed by atoms with Crippen molar-refractivity contribution in [1.29, 1.82) is 0 Å². The monoisotopic (exact) mass is 325 g/mol. The van der Waals surface area contributed by atoms with Gasteiger partial charge in [-0.05, 0) is 12.1 Å². The molecule has 0 aliphatic carbocycles. The van der Waals surface area contributed by atoms with Gasteiger partial charge in [-0.1, -0.05) is 12.1 Å². The summed E-state index contributed by atoms with van der Waals surface area (Å²) in [5, 5.41) is 4.21. The van der Waals surface area contributed by atoms with E-state index in [2.05, 4.69) is 10.3 Å². The molecule has 0 aliphatic heterocycles. The SMILES string of the molecule is CNC(=O)c1csc2nc(-c3ccc(C(F)(F)F)cc3)cn12. The Morgan fingerprint density at radius 1 is 1.27 bits per heavy atom. The smallest absolute Gasteiger partial charge is 0.354 e. The highest BCUT2D eigenvalue weighted by Gasteiger charge is 2.30. The molecule has 2 aromatic heterocycles. The second-order valence-corrected chi connectivity index (χ2v) is 5.39. The molecule has 0 spiro atoms. The van der Waals surface area contributed by atoms with Crippen LogP contribution in [0, 0.1) is 0 Å². The number of nitrogens with one attached hydrogen (secondary N) is 1. The lowest BCUT2D eigenvalue weighted by Crippen LogP contribution is -2.19. The lowest BCUT2D eigenvalue weighted by atomic mass is 10.1. The molecule has 0 radical (unpaired) electrons. The lowest BCUT2D eigenvalue weighted by Gasteiger charge is -2.06. The van der Waals surface area contributed by atoms with Crippen LogP contribution in [0.3, 0.4) is 0 Å². The van der Waals surface area contributed by atoms with Gasteiger partial charge in [0.2, 0.25) is 0 Å². The fourth-order valence-electron chi connectivity index (χ4n) is 2.04. The van der Waals surface area contributed by atoms with Crippen molar-refractivity contribution in [3.8, 4) is 11.3 Å².